The van der Waals surface area contributed by atoms with Gasteiger partial charge in [-0.15, -0.1) is 0 Å². The number of carbonyl (C=O) groups is 1. The summed E-state index contributed by atoms with van der Waals surface area (Å²) in [4.78, 5) is 10.4. The fourth-order valence-corrected chi connectivity index (χ4v) is 3.20. The highest BCUT2D eigenvalue weighted by molar-refractivity contribution is 7.89. The SMILES string of the molecule is COC[C@H](C)NS(=O)(=O)c1cc(C(=O)[O-])ccc1Cl. The van der Waals surface area contributed by atoms with E-state index >= 15 is 0 Å². The molecule has 0 aliphatic rings. The quantitative estimate of drug-likeness (QED) is 0.799. The van der Waals surface area contributed by atoms with Gasteiger partial charge in [-0.05, 0) is 24.6 Å². The monoisotopic (exact) mass is 306 g/mol. The summed E-state index contributed by atoms with van der Waals surface area (Å²) in [7, 11) is -2.48. The summed E-state index contributed by atoms with van der Waals surface area (Å²) >= 11 is 5.78. The second-order valence-corrected chi connectivity index (χ2v) is 6.00. The summed E-state index contributed by atoms with van der Waals surface area (Å²) in [5.41, 5.74) is -0.260. The van der Waals surface area contributed by atoms with Crippen molar-refractivity contribution in [3.8, 4) is 0 Å². The molecule has 0 heterocycles. The molecule has 1 N–H and O–H groups in total. The molecular formula is C11H13ClNO5S-. The number of rotatable bonds is 6. The van der Waals surface area contributed by atoms with Crippen LogP contribution in [-0.4, -0.2) is 34.1 Å². The molecule has 0 spiro atoms. The maximum atomic E-state index is 12.0. The molecule has 0 saturated carbocycles. The van der Waals surface area contributed by atoms with E-state index in [2.05, 4.69) is 4.72 Å². The van der Waals surface area contributed by atoms with Crippen molar-refractivity contribution < 1.29 is 23.1 Å². The maximum absolute atomic E-state index is 12.0. The van der Waals surface area contributed by atoms with Crippen molar-refractivity contribution in [2.45, 2.75) is 17.9 Å². The Morgan fingerprint density at radius 2 is 2.16 bits per heavy atom. The number of hydrogen-bond acceptors (Lipinski definition) is 5. The number of hydrogen-bond donors (Lipinski definition) is 1. The zero-order valence-corrected chi connectivity index (χ0v) is 11.9. The Morgan fingerprint density at radius 3 is 2.68 bits per heavy atom. The van der Waals surface area contributed by atoms with Crippen molar-refractivity contribution >= 4 is 27.6 Å². The van der Waals surface area contributed by atoms with Gasteiger partial charge in [-0.3, -0.25) is 0 Å². The van der Waals surface area contributed by atoms with Crippen LogP contribution in [0.3, 0.4) is 0 Å². The van der Waals surface area contributed by atoms with E-state index in [-0.39, 0.29) is 22.1 Å². The fourth-order valence-electron chi connectivity index (χ4n) is 1.45. The van der Waals surface area contributed by atoms with Crippen molar-refractivity contribution in [1.82, 2.24) is 4.72 Å². The number of aromatic carboxylic acids is 1. The molecule has 106 valence electrons. The smallest absolute Gasteiger partial charge is 0.242 e. The van der Waals surface area contributed by atoms with E-state index in [1.165, 1.54) is 19.2 Å². The first kappa shape index (κ1) is 15.9. The largest absolute Gasteiger partial charge is 0.545 e. The number of ether oxygens (including phenoxy) is 1. The highest BCUT2D eigenvalue weighted by Crippen LogP contribution is 2.22. The zero-order chi connectivity index (χ0) is 14.6. The first-order chi connectivity index (χ1) is 8.77. The van der Waals surface area contributed by atoms with Gasteiger partial charge >= 0.3 is 0 Å². The average Bonchev–Trinajstić information content (AvgIpc) is 2.28. The third kappa shape index (κ3) is 4.17. The lowest BCUT2D eigenvalue weighted by Gasteiger charge is -2.15. The number of carbonyl (C=O) groups excluding carboxylic acids is 1. The van der Waals surface area contributed by atoms with Crippen LogP contribution in [0.1, 0.15) is 17.3 Å². The van der Waals surface area contributed by atoms with Gasteiger partial charge in [-0.25, -0.2) is 13.1 Å². The zero-order valence-electron chi connectivity index (χ0n) is 10.3. The van der Waals surface area contributed by atoms with Crippen molar-refractivity contribution in [2.75, 3.05) is 13.7 Å². The summed E-state index contributed by atoms with van der Waals surface area (Å²) in [5.74, 6) is -1.47. The molecule has 0 bridgehead atoms. The van der Waals surface area contributed by atoms with Crippen LogP contribution in [0.4, 0.5) is 0 Å². The van der Waals surface area contributed by atoms with Gasteiger partial charge in [0.15, 0.2) is 0 Å². The molecule has 6 nitrogen and oxygen atoms in total. The molecule has 0 aliphatic carbocycles. The number of carboxylic acid groups (broad SMARTS) is 1. The van der Waals surface area contributed by atoms with E-state index < -0.39 is 22.0 Å². The van der Waals surface area contributed by atoms with E-state index in [1.54, 1.807) is 6.92 Å². The normalized spacial score (nSPS) is 13.2. The Kier molecular flexibility index (Phi) is 5.30. The maximum Gasteiger partial charge on any atom is 0.242 e. The van der Waals surface area contributed by atoms with Crippen LogP contribution < -0.4 is 9.83 Å². The van der Waals surface area contributed by atoms with Crippen LogP contribution in [-0.2, 0) is 14.8 Å². The molecule has 0 aliphatic heterocycles. The number of halogens is 1. The molecule has 0 aromatic heterocycles. The van der Waals surface area contributed by atoms with Crippen LogP contribution in [0.25, 0.3) is 0 Å². The first-order valence-corrected chi connectivity index (χ1v) is 7.16. The lowest BCUT2D eigenvalue weighted by Crippen LogP contribution is -2.36. The molecule has 0 amide bonds. The second-order valence-electron chi connectivity index (χ2n) is 3.91. The molecule has 1 atom stereocenters. The summed E-state index contributed by atoms with van der Waals surface area (Å²) in [6, 6.07) is 2.86. The van der Waals surface area contributed by atoms with Gasteiger partial charge in [0, 0.05) is 13.2 Å². The molecule has 1 rings (SSSR count). The van der Waals surface area contributed by atoms with Gasteiger partial charge in [0.2, 0.25) is 10.0 Å². The number of benzene rings is 1. The summed E-state index contributed by atoms with van der Waals surface area (Å²) in [5, 5.41) is 10.7. The van der Waals surface area contributed by atoms with Crippen molar-refractivity contribution in [3.63, 3.8) is 0 Å². The van der Waals surface area contributed by atoms with E-state index in [9.17, 15) is 18.3 Å². The fraction of sp³-hybridized carbons (Fsp3) is 0.364. The molecule has 1 aromatic rings. The molecular weight excluding hydrogens is 294 g/mol. The van der Waals surface area contributed by atoms with E-state index in [0.717, 1.165) is 6.07 Å². The Hall–Kier alpha value is -1.15. The number of carboxylic acids is 1. The molecule has 1 aromatic carbocycles. The van der Waals surface area contributed by atoms with Crippen LogP contribution in [0, 0.1) is 0 Å². The third-order valence-electron chi connectivity index (χ3n) is 2.23. The minimum Gasteiger partial charge on any atom is -0.545 e. The molecule has 0 fully saturated rings. The van der Waals surface area contributed by atoms with Crippen molar-refractivity contribution in [3.05, 3.63) is 28.8 Å². The van der Waals surface area contributed by atoms with Crippen LogP contribution >= 0.6 is 11.6 Å². The van der Waals surface area contributed by atoms with Crippen molar-refractivity contribution in [2.24, 2.45) is 0 Å². The molecule has 0 unspecified atom stereocenters. The van der Waals surface area contributed by atoms with Gasteiger partial charge < -0.3 is 14.6 Å². The van der Waals surface area contributed by atoms with Crippen LogP contribution in [0.15, 0.2) is 23.1 Å². The topological polar surface area (TPSA) is 95.5 Å². The second kappa shape index (κ2) is 6.33. The highest BCUT2D eigenvalue weighted by atomic mass is 35.5. The summed E-state index contributed by atoms with van der Waals surface area (Å²) < 4.78 is 31.2. The molecule has 19 heavy (non-hydrogen) atoms. The summed E-state index contributed by atoms with van der Waals surface area (Å²) in [6.07, 6.45) is 0. The van der Waals surface area contributed by atoms with Gasteiger partial charge in [0.1, 0.15) is 4.90 Å². The highest BCUT2D eigenvalue weighted by Gasteiger charge is 2.21. The Morgan fingerprint density at radius 1 is 1.53 bits per heavy atom. The predicted molar refractivity (Wildman–Crippen MR) is 67.4 cm³/mol. The molecule has 0 radical (unpaired) electrons. The molecule has 0 saturated heterocycles. The van der Waals surface area contributed by atoms with Gasteiger partial charge in [-0.1, -0.05) is 17.7 Å². The van der Waals surface area contributed by atoms with E-state index in [1.807, 2.05) is 0 Å². The average molecular weight is 307 g/mol. The van der Waals surface area contributed by atoms with E-state index in [0.29, 0.717) is 0 Å². The third-order valence-corrected chi connectivity index (χ3v) is 4.30. The Bertz CT molecular complexity index is 572. The van der Waals surface area contributed by atoms with Gasteiger partial charge in [0.25, 0.3) is 0 Å². The van der Waals surface area contributed by atoms with Gasteiger partial charge in [0.05, 0.1) is 17.6 Å². The number of nitrogens with one attached hydrogen (secondary N) is 1. The predicted octanol–water partition coefficient (Wildman–Crippen LogP) is 0.0167. The minimum atomic E-state index is -3.92. The molecule has 8 heteroatoms. The van der Waals surface area contributed by atoms with Crippen molar-refractivity contribution in [1.29, 1.82) is 0 Å². The van der Waals surface area contributed by atoms with Gasteiger partial charge in [-0.2, -0.15) is 0 Å². The Balaban J connectivity index is 3.13. The lowest BCUT2D eigenvalue weighted by molar-refractivity contribution is -0.255. The number of sulfonamides is 1. The minimum absolute atomic E-state index is 0.0675. The Labute approximate surface area is 116 Å². The summed E-state index contributed by atoms with van der Waals surface area (Å²) in [6.45, 7) is 1.79. The van der Waals surface area contributed by atoms with E-state index in [4.69, 9.17) is 16.3 Å². The number of methoxy groups -OCH3 is 1. The lowest BCUT2D eigenvalue weighted by atomic mass is 10.2. The first-order valence-electron chi connectivity index (χ1n) is 5.30. The van der Waals surface area contributed by atoms with Crippen LogP contribution in [0.5, 0.6) is 0 Å². The van der Waals surface area contributed by atoms with Crippen LogP contribution in [0.2, 0.25) is 5.02 Å². The standard InChI is InChI=1S/C11H14ClNO5S/c1-7(6-18-2)13-19(16,17)10-5-8(11(14)15)3-4-9(10)12/h3-5,7,13H,6H2,1-2H3,(H,14,15)/p-1/t7-/m0/s1.